The fourth-order valence-electron chi connectivity index (χ4n) is 9.22. The molecular weight excluding hydrogens is 340 g/mol. The van der Waals surface area contributed by atoms with Crippen molar-refractivity contribution < 1.29 is 5.11 Å². The van der Waals surface area contributed by atoms with Gasteiger partial charge in [0.1, 0.15) is 0 Å². The van der Waals surface area contributed by atoms with Crippen LogP contribution in [0.3, 0.4) is 0 Å². The zero-order chi connectivity index (χ0) is 20.1. The van der Waals surface area contributed by atoms with Crippen LogP contribution in [-0.2, 0) is 0 Å². The minimum Gasteiger partial charge on any atom is -0.393 e. The standard InChI is InChI=1S/C27H46O/c1-18(2)9-8-10-19(3)23-17-24(28)25-21-13-12-20-11-6-7-15-26(20,4)22(21)14-16-27(23,25)5/h19-25,28H,1,6-17H2,2-5H3/t19-,20?,21-,22+,23-,24+,25-,26+,27-/m1/s1. The van der Waals surface area contributed by atoms with Gasteiger partial charge in [0.25, 0.3) is 0 Å². The van der Waals surface area contributed by atoms with Gasteiger partial charge in [-0.05, 0) is 111 Å². The second-order valence-corrected chi connectivity index (χ2v) is 12.1. The van der Waals surface area contributed by atoms with Gasteiger partial charge in [0.2, 0.25) is 0 Å². The number of rotatable bonds is 5. The number of hydrogen-bond acceptors (Lipinski definition) is 1. The molecule has 0 amide bonds. The lowest BCUT2D eigenvalue weighted by Crippen LogP contribution is -2.54. The van der Waals surface area contributed by atoms with Crippen molar-refractivity contribution in [2.45, 2.75) is 111 Å². The first-order valence-corrected chi connectivity index (χ1v) is 12.6. The summed E-state index contributed by atoms with van der Waals surface area (Å²) in [7, 11) is 0. The van der Waals surface area contributed by atoms with Crippen LogP contribution in [0.15, 0.2) is 12.2 Å². The van der Waals surface area contributed by atoms with Crippen molar-refractivity contribution >= 4 is 0 Å². The van der Waals surface area contributed by atoms with Crippen molar-refractivity contribution in [2.75, 3.05) is 0 Å². The van der Waals surface area contributed by atoms with Crippen LogP contribution in [0, 0.1) is 46.3 Å². The van der Waals surface area contributed by atoms with Crippen molar-refractivity contribution in [1.29, 1.82) is 0 Å². The Morgan fingerprint density at radius 3 is 2.61 bits per heavy atom. The summed E-state index contributed by atoms with van der Waals surface area (Å²) in [6.07, 6.45) is 16.3. The van der Waals surface area contributed by atoms with E-state index in [1.807, 2.05) is 0 Å². The predicted molar refractivity (Wildman–Crippen MR) is 119 cm³/mol. The second-order valence-electron chi connectivity index (χ2n) is 12.1. The van der Waals surface area contributed by atoms with E-state index < -0.39 is 0 Å². The molecule has 1 N–H and O–H groups in total. The van der Waals surface area contributed by atoms with E-state index in [0.29, 0.717) is 16.7 Å². The number of aliphatic hydroxyl groups is 1. The van der Waals surface area contributed by atoms with Crippen LogP contribution in [0.4, 0.5) is 0 Å². The molecule has 0 spiro atoms. The zero-order valence-electron chi connectivity index (χ0n) is 19.2. The van der Waals surface area contributed by atoms with E-state index in [9.17, 15) is 5.11 Å². The van der Waals surface area contributed by atoms with E-state index in [-0.39, 0.29) is 6.10 Å². The molecule has 4 saturated carbocycles. The summed E-state index contributed by atoms with van der Waals surface area (Å²) < 4.78 is 0. The van der Waals surface area contributed by atoms with Crippen molar-refractivity contribution in [3.05, 3.63) is 12.2 Å². The molecule has 28 heavy (non-hydrogen) atoms. The van der Waals surface area contributed by atoms with Crippen LogP contribution >= 0.6 is 0 Å². The molecule has 0 aromatic heterocycles. The molecule has 9 atom stereocenters. The van der Waals surface area contributed by atoms with E-state index in [4.69, 9.17) is 0 Å². The van der Waals surface area contributed by atoms with Gasteiger partial charge in [0.05, 0.1) is 6.10 Å². The molecular formula is C27H46O. The second kappa shape index (κ2) is 7.75. The number of allylic oxidation sites excluding steroid dienone is 1. The topological polar surface area (TPSA) is 20.2 Å². The molecule has 0 bridgehead atoms. The largest absolute Gasteiger partial charge is 0.393 e. The van der Waals surface area contributed by atoms with Crippen molar-refractivity contribution in [3.8, 4) is 0 Å². The summed E-state index contributed by atoms with van der Waals surface area (Å²) in [6, 6.07) is 0. The Kier molecular flexibility index (Phi) is 5.80. The van der Waals surface area contributed by atoms with Crippen LogP contribution in [0.2, 0.25) is 0 Å². The first kappa shape index (κ1) is 21.0. The lowest BCUT2D eigenvalue weighted by Gasteiger charge is -2.61. The van der Waals surface area contributed by atoms with E-state index in [1.54, 1.807) is 0 Å². The van der Waals surface area contributed by atoms with Gasteiger partial charge in [-0.15, -0.1) is 6.58 Å². The maximum absolute atomic E-state index is 11.3. The first-order valence-electron chi connectivity index (χ1n) is 12.6. The number of hydrogen-bond donors (Lipinski definition) is 1. The third-order valence-corrected chi connectivity index (χ3v) is 10.6. The van der Waals surface area contributed by atoms with E-state index >= 15 is 0 Å². The van der Waals surface area contributed by atoms with Gasteiger partial charge in [-0.25, -0.2) is 0 Å². The van der Waals surface area contributed by atoms with Crippen molar-refractivity contribution in [3.63, 3.8) is 0 Å². The Morgan fingerprint density at radius 2 is 1.86 bits per heavy atom. The molecule has 0 aromatic carbocycles. The Labute approximate surface area is 174 Å². The summed E-state index contributed by atoms with van der Waals surface area (Å²) in [5.74, 6) is 4.68. The highest BCUT2D eigenvalue weighted by Gasteiger charge is 2.62. The predicted octanol–water partition coefficient (Wildman–Crippen LogP) is 7.39. The number of fused-ring (bicyclic) bond motifs is 5. The third kappa shape index (κ3) is 3.32. The van der Waals surface area contributed by atoms with Gasteiger partial charge < -0.3 is 5.11 Å². The molecule has 1 nitrogen and oxygen atoms in total. The molecule has 160 valence electrons. The zero-order valence-corrected chi connectivity index (χ0v) is 19.2. The van der Waals surface area contributed by atoms with Crippen LogP contribution in [0.25, 0.3) is 0 Å². The number of aliphatic hydroxyl groups excluding tert-OH is 1. The van der Waals surface area contributed by atoms with Crippen LogP contribution in [0.5, 0.6) is 0 Å². The fourth-order valence-corrected chi connectivity index (χ4v) is 9.22. The van der Waals surface area contributed by atoms with Crippen LogP contribution in [-0.4, -0.2) is 11.2 Å². The average molecular weight is 387 g/mol. The Balaban J connectivity index is 1.52. The molecule has 0 heterocycles. The summed E-state index contributed by atoms with van der Waals surface area (Å²) >= 11 is 0. The third-order valence-electron chi connectivity index (χ3n) is 10.6. The molecule has 0 saturated heterocycles. The van der Waals surface area contributed by atoms with Gasteiger partial charge in [-0.3, -0.25) is 0 Å². The van der Waals surface area contributed by atoms with Gasteiger partial charge in [0.15, 0.2) is 0 Å². The van der Waals surface area contributed by atoms with Crippen molar-refractivity contribution in [2.24, 2.45) is 46.3 Å². The monoisotopic (exact) mass is 386 g/mol. The quantitative estimate of drug-likeness (QED) is 0.488. The molecule has 0 aliphatic heterocycles. The minimum absolute atomic E-state index is 0.0462. The van der Waals surface area contributed by atoms with E-state index in [1.165, 1.54) is 76.2 Å². The molecule has 0 aromatic rings. The van der Waals surface area contributed by atoms with Gasteiger partial charge in [-0.2, -0.15) is 0 Å². The van der Waals surface area contributed by atoms with Gasteiger partial charge in [0, 0.05) is 0 Å². The molecule has 1 unspecified atom stereocenters. The maximum atomic E-state index is 11.3. The highest BCUT2D eigenvalue weighted by Crippen LogP contribution is 2.68. The molecule has 0 radical (unpaired) electrons. The summed E-state index contributed by atoms with van der Waals surface area (Å²) in [5.41, 5.74) is 2.27. The van der Waals surface area contributed by atoms with E-state index in [0.717, 1.165) is 36.0 Å². The van der Waals surface area contributed by atoms with Crippen molar-refractivity contribution in [1.82, 2.24) is 0 Å². The highest BCUT2D eigenvalue weighted by molar-refractivity contribution is 5.11. The maximum Gasteiger partial charge on any atom is 0.0579 e. The molecule has 1 heteroatoms. The van der Waals surface area contributed by atoms with Gasteiger partial charge >= 0.3 is 0 Å². The highest BCUT2D eigenvalue weighted by atomic mass is 16.3. The summed E-state index contributed by atoms with van der Waals surface area (Å²) in [5, 5.41) is 11.3. The fraction of sp³-hybridized carbons (Fsp3) is 0.926. The summed E-state index contributed by atoms with van der Waals surface area (Å²) in [4.78, 5) is 0. The van der Waals surface area contributed by atoms with Crippen LogP contribution < -0.4 is 0 Å². The van der Waals surface area contributed by atoms with E-state index in [2.05, 4.69) is 34.3 Å². The SMILES string of the molecule is C=C(C)CCC[C@@H](C)[C@H]1C[C@H](O)[C@H]2[C@@H]3CCC4CCCC[C@]4(C)[C@H]3CC[C@@]21C. The smallest absolute Gasteiger partial charge is 0.0579 e. The Morgan fingerprint density at radius 1 is 1.07 bits per heavy atom. The molecule has 4 rings (SSSR count). The molecule has 4 fully saturated rings. The lowest BCUT2D eigenvalue weighted by atomic mass is 9.44. The Hall–Kier alpha value is -0.300. The normalized spacial score (nSPS) is 49.0. The minimum atomic E-state index is -0.0462. The van der Waals surface area contributed by atoms with Gasteiger partial charge in [-0.1, -0.05) is 45.6 Å². The molecule has 4 aliphatic carbocycles. The average Bonchev–Trinajstić information content (AvgIpc) is 2.92. The summed E-state index contributed by atoms with van der Waals surface area (Å²) in [6.45, 7) is 14.0. The first-order chi connectivity index (χ1) is 13.3. The lowest BCUT2D eigenvalue weighted by molar-refractivity contribution is -0.130. The molecule has 4 aliphatic rings. The van der Waals surface area contributed by atoms with Crippen LogP contribution in [0.1, 0.15) is 105 Å². The Bertz CT molecular complexity index is 581.